The van der Waals surface area contributed by atoms with Gasteiger partial charge in [0.05, 0.1) is 11.1 Å². The van der Waals surface area contributed by atoms with Gasteiger partial charge < -0.3 is 5.32 Å². The molecule has 2 amide bonds. The molecule has 1 saturated heterocycles. The molecule has 106 valence electrons. The number of carbonyl (C=O) groups excluding carboxylic acids is 2. The SMILES string of the molecule is O=C1c2cc(F)c(F)cc2C(=O)N1CC1CCCCN1. The van der Waals surface area contributed by atoms with Crippen LogP contribution in [0.15, 0.2) is 12.1 Å². The molecular formula is C14H14F2N2O2. The number of nitrogens with zero attached hydrogens (tertiary/aromatic N) is 1. The van der Waals surface area contributed by atoms with E-state index in [2.05, 4.69) is 5.32 Å². The monoisotopic (exact) mass is 280 g/mol. The number of hydrogen-bond donors (Lipinski definition) is 1. The molecule has 1 aromatic carbocycles. The standard InChI is InChI=1S/C14H14F2N2O2/c15-11-5-9-10(6-12(11)16)14(20)18(13(9)19)7-8-3-1-2-4-17-8/h5-6,8,17H,1-4,7H2. The molecule has 2 heterocycles. The lowest BCUT2D eigenvalue weighted by molar-refractivity contribution is 0.0632. The molecule has 4 nitrogen and oxygen atoms in total. The van der Waals surface area contributed by atoms with Crippen molar-refractivity contribution in [3.05, 3.63) is 34.9 Å². The van der Waals surface area contributed by atoms with Gasteiger partial charge in [0.1, 0.15) is 0 Å². The van der Waals surface area contributed by atoms with E-state index in [4.69, 9.17) is 0 Å². The van der Waals surface area contributed by atoms with Crippen molar-refractivity contribution in [2.75, 3.05) is 13.1 Å². The van der Waals surface area contributed by atoms with E-state index >= 15 is 0 Å². The van der Waals surface area contributed by atoms with Crippen LogP contribution in [0.1, 0.15) is 40.0 Å². The first-order valence-electron chi connectivity index (χ1n) is 6.66. The molecule has 1 N–H and O–H groups in total. The number of carbonyl (C=O) groups is 2. The second-order valence-corrected chi connectivity index (χ2v) is 5.18. The van der Waals surface area contributed by atoms with E-state index in [1.165, 1.54) is 0 Å². The van der Waals surface area contributed by atoms with Crippen LogP contribution in [0.2, 0.25) is 0 Å². The van der Waals surface area contributed by atoms with Gasteiger partial charge in [-0.3, -0.25) is 14.5 Å². The molecule has 0 spiro atoms. The maximum atomic E-state index is 13.2. The highest BCUT2D eigenvalue weighted by Crippen LogP contribution is 2.26. The van der Waals surface area contributed by atoms with Gasteiger partial charge in [0.15, 0.2) is 11.6 Å². The summed E-state index contributed by atoms with van der Waals surface area (Å²) in [5, 5.41) is 3.24. The van der Waals surface area contributed by atoms with Crippen molar-refractivity contribution in [1.82, 2.24) is 10.2 Å². The van der Waals surface area contributed by atoms with E-state index in [1.54, 1.807) is 0 Å². The highest BCUT2D eigenvalue weighted by Gasteiger charge is 2.38. The third kappa shape index (κ3) is 2.10. The molecule has 1 atom stereocenters. The largest absolute Gasteiger partial charge is 0.312 e. The van der Waals surface area contributed by atoms with Crippen LogP contribution in [0.25, 0.3) is 0 Å². The maximum Gasteiger partial charge on any atom is 0.261 e. The van der Waals surface area contributed by atoms with Crippen LogP contribution < -0.4 is 5.32 Å². The van der Waals surface area contributed by atoms with Crippen molar-refractivity contribution in [2.24, 2.45) is 0 Å². The molecule has 0 radical (unpaired) electrons. The first kappa shape index (κ1) is 13.2. The summed E-state index contributed by atoms with van der Waals surface area (Å²) in [6, 6.07) is 1.67. The number of piperidine rings is 1. The number of amides is 2. The van der Waals surface area contributed by atoms with Crippen LogP contribution in [-0.4, -0.2) is 35.8 Å². The van der Waals surface area contributed by atoms with Crippen molar-refractivity contribution >= 4 is 11.8 Å². The molecule has 2 aliphatic heterocycles. The molecule has 3 rings (SSSR count). The van der Waals surface area contributed by atoms with Crippen molar-refractivity contribution in [2.45, 2.75) is 25.3 Å². The summed E-state index contributed by atoms with van der Waals surface area (Å²) in [7, 11) is 0. The van der Waals surface area contributed by atoms with E-state index in [0.717, 1.165) is 42.8 Å². The average molecular weight is 280 g/mol. The van der Waals surface area contributed by atoms with Crippen molar-refractivity contribution in [3.63, 3.8) is 0 Å². The van der Waals surface area contributed by atoms with Crippen LogP contribution in [0.3, 0.4) is 0 Å². The Balaban J connectivity index is 1.85. The minimum absolute atomic E-state index is 0.0512. The number of rotatable bonds is 2. The molecule has 2 aliphatic rings. The topological polar surface area (TPSA) is 49.4 Å². The third-order valence-corrected chi connectivity index (χ3v) is 3.83. The lowest BCUT2D eigenvalue weighted by Crippen LogP contribution is -2.45. The number of imide groups is 1. The fourth-order valence-corrected chi connectivity index (χ4v) is 2.75. The number of fused-ring (bicyclic) bond motifs is 1. The van der Waals surface area contributed by atoms with Gasteiger partial charge in [0, 0.05) is 12.6 Å². The predicted octanol–water partition coefficient (Wildman–Crippen LogP) is 1.70. The third-order valence-electron chi connectivity index (χ3n) is 3.83. The fraction of sp³-hybridized carbons (Fsp3) is 0.429. The van der Waals surface area contributed by atoms with E-state index in [0.29, 0.717) is 0 Å². The van der Waals surface area contributed by atoms with Gasteiger partial charge in [0.2, 0.25) is 0 Å². The van der Waals surface area contributed by atoms with Gasteiger partial charge in [-0.2, -0.15) is 0 Å². The van der Waals surface area contributed by atoms with Crippen molar-refractivity contribution in [3.8, 4) is 0 Å². The van der Waals surface area contributed by atoms with Gasteiger partial charge in [-0.25, -0.2) is 8.78 Å². The van der Waals surface area contributed by atoms with Crippen LogP contribution in [0.4, 0.5) is 8.78 Å². The molecule has 0 aromatic heterocycles. The lowest BCUT2D eigenvalue weighted by Gasteiger charge is -2.26. The zero-order valence-electron chi connectivity index (χ0n) is 10.8. The van der Waals surface area contributed by atoms with Gasteiger partial charge in [-0.15, -0.1) is 0 Å². The van der Waals surface area contributed by atoms with Gasteiger partial charge in [0.25, 0.3) is 11.8 Å². The Labute approximate surface area is 114 Å². The second kappa shape index (κ2) is 4.94. The van der Waals surface area contributed by atoms with Crippen LogP contribution in [-0.2, 0) is 0 Å². The van der Waals surface area contributed by atoms with Gasteiger partial charge in [-0.05, 0) is 31.5 Å². The van der Waals surface area contributed by atoms with Crippen LogP contribution in [0, 0.1) is 11.6 Å². The van der Waals surface area contributed by atoms with Crippen molar-refractivity contribution < 1.29 is 18.4 Å². The number of halogens is 2. The molecule has 0 saturated carbocycles. The Kier molecular flexibility index (Phi) is 3.25. The van der Waals surface area contributed by atoms with Gasteiger partial charge in [-0.1, -0.05) is 6.42 Å². The molecule has 20 heavy (non-hydrogen) atoms. The molecule has 1 unspecified atom stereocenters. The fourth-order valence-electron chi connectivity index (χ4n) is 2.75. The Morgan fingerprint density at radius 1 is 1.10 bits per heavy atom. The highest BCUT2D eigenvalue weighted by atomic mass is 19.2. The summed E-state index contributed by atoms with van der Waals surface area (Å²) >= 11 is 0. The highest BCUT2D eigenvalue weighted by molar-refractivity contribution is 6.21. The van der Waals surface area contributed by atoms with Crippen LogP contribution in [0.5, 0.6) is 0 Å². The predicted molar refractivity (Wildman–Crippen MR) is 67.4 cm³/mol. The summed E-state index contributed by atoms with van der Waals surface area (Å²) in [4.78, 5) is 25.3. The Hall–Kier alpha value is -1.82. The minimum Gasteiger partial charge on any atom is -0.312 e. The molecule has 1 aromatic rings. The quantitative estimate of drug-likeness (QED) is 0.839. The Bertz CT molecular complexity index is 542. The average Bonchev–Trinajstić information content (AvgIpc) is 2.66. The summed E-state index contributed by atoms with van der Waals surface area (Å²) in [5.74, 6) is -3.31. The summed E-state index contributed by atoms with van der Waals surface area (Å²) in [6.45, 7) is 1.10. The summed E-state index contributed by atoms with van der Waals surface area (Å²) < 4.78 is 26.4. The minimum atomic E-state index is -1.11. The molecule has 0 bridgehead atoms. The van der Waals surface area contributed by atoms with Gasteiger partial charge >= 0.3 is 0 Å². The second-order valence-electron chi connectivity index (χ2n) is 5.18. The number of nitrogens with one attached hydrogen (secondary N) is 1. The van der Waals surface area contributed by atoms with E-state index in [-0.39, 0.29) is 23.7 Å². The summed E-state index contributed by atoms with van der Waals surface area (Å²) in [6.07, 6.45) is 3.01. The maximum absolute atomic E-state index is 13.2. The first-order chi connectivity index (χ1) is 9.58. The molecular weight excluding hydrogens is 266 g/mol. The van der Waals surface area contributed by atoms with E-state index in [1.807, 2.05) is 0 Å². The normalized spacial score (nSPS) is 22.3. The Morgan fingerprint density at radius 3 is 2.20 bits per heavy atom. The Morgan fingerprint density at radius 2 is 1.70 bits per heavy atom. The van der Waals surface area contributed by atoms with E-state index < -0.39 is 23.4 Å². The molecule has 0 aliphatic carbocycles. The number of benzene rings is 1. The van der Waals surface area contributed by atoms with Crippen LogP contribution >= 0.6 is 0 Å². The molecule has 1 fully saturated rings. The first-order valence-corrected chi connectivity index (χ1v) is 6.66. The van der Waals surface area contributed by atoms with E-state index in [9.17, 15) is 18.4 Å². The zero-order chi connectivity index (χ0) is 14.3. The summed E-state index contributed by atoms with van der Waals surface area (Å²) in [5.41, 5.74) is -0.102. The number of hydrogen-bond acceptors (Lipinski definition) is 3. The molecule has 6 heteroatoms. The lowest BCUT2D eigenvalue weighted by atomic mass is 10.0. The zero-order valence-corrected chi connectivity index (χ0v) is 10.8. The smallest absolute Gasteiger partial charge is 0.261 e. The van der Waals surface area contributed by atoms with Crippen molar-refractivity contribution in [1.29, 1.82) is 0 Å².